The maximum Gasteiger partial charge on any atom is 0.271 e. The molecule has 1 aromatic carbocycles. The highest BCUT2D eigenvalue weighted by Crippen LogP contribution is 2.20. The number of carbonyl (C=O) groups excluding carboxylic acids is 1. The van der Waals surface area contributed by atoms with E-state index < -0.39 is 0 Å². The van der Waals surface area contributed by atoms with E-state index >= 15 is 0 Å². The first kappa shape index (κ1) is 19.0. The van der Waals surface area contributed by atoms with Crippen molar-refractivity contribution in [3.05, 3.63) is 51.6 Å². The number of thioether (sulfide) groups is 2. The summed E-state index contributed by atoms with van der Waals surface area (Å²) in [6.45, 7) is 2.67. The summed E-state index contributed by atoms with van der Waals surface area (Å²) in [4.78, 5) is 29.9. The van der Waals surface area contributed by atoms with Crippen LogP contribution in [-0.2, 0) is 11.8 Å². The Kier molecular flexibility index (Phi) is 6.39. The molecule has 2 aromatic heterocycles. The Morgan fingerprint density at radius 1 is 1.23 bits per heavy atom. The molecule has 0 fully saturated rings. The molecule has 0 bridgehead atoms. The fraction of sp³-hybridized carbons (Fsp3) is 0.278. The highest BCUT2D eigenvalue weighted by Gasteiger charge is 2.11. The van der Waals surface area contributed by atoms with Crippen LogP contribution >= 0.6 is 34.9 Å². The molecule has 2 heterocycles. The van der Waals surface area contributed by atoms with Crippen molar-refractivity contribution in [2.24, 2.45) is 7.05 Å². The lowest BCUT2D eigenvalue weighted by Crippen LogP contribution is -2.28. The Balaban J connectivity index is 1.46. The lowest BCUT2D eigenvalue weighted by molar-refractivity contribution is -0.118. The van der Waals surface area contributed by atoms with Gasteiger partial charge in [-0.15, -0.1) is 23.1 Å². The lowest BCUT2D eigenvalue weighted by atomic mass is 10.2. The molecule has 0 saturated heterocycles. The van der Waals surface area contributed by atoms with Gasteiger partial charge in [-0.3, -0.25) is 14.2 Å². The van der Waals surface area contributed by atoms with Crippen LogP contribution in [0.4, 0.5) is 0 Å². The molecular formula is C18H19N3O2S3. The highest BCUT2D eigenvalue weighted by molar-refractivity contribution is 7.99. The summed E-state index contributed by atoms with van der Waals surface area (Å²) in [6, 6.07) is 10.2. The second-order valence-electron chi connectivity index (χ2n) is 5.69. The van der Waals surface area contributed by atoms with E-state index in [1.807, 2.05) is 11.4 Å². The molecule has 26 heavy (non-hydrogen) atoms. The van der Waals surface area contributed by atoms with Crippen LogP contribution in [0.2, 0.25) is 0 Å². The SMILES string of the molecule is Cc1ccc(SCCNC(=O)CSc2nc3ccsc3c(=O)n2C)cc1. The number of benzene rings is 1. The molecule has 1 amide bonds. The van der Waals surface area contributed by atoms with Gasteiger partial charge >= 0.3 is 0 Å². The van der Waals surface area contributed by atoms with Crippen LogP contribution in [0, 0.1) is 6.92 Å². The second kappa shape index (κ2) is 8.75. The molecule has 0 atom stereocenters. The van der Waals surface area contributed by atoms with Gasteiger partial charge in [-0.2, -0.15) is 0 Å². The lowest BCUT2D eigenvalue weighted by Gasteiger charge is -2.08. The number of thiophene rings is 1. The Labute approximate surface area is 164 Å². The van der Waals surface area contributed by atoms with Crippen LogP contribution in [-0.4, -0.2) is 33.5 Å². The van der Waals surface area contributed by atoms with Crippen molar-refractivity contribution in [3.63, 3.8) is 0 Å². The summed E-state index contributed by atoms with van der Waals surface area (Å²) >= 11 is 4.38. The fourth-order valence-corrected chi connectivity index (χ4v) is 4.65. The summed E-state index contributed by atoms with van der Waals surface area (Å²) < 4.78 is 2.15. The average Bonchev–Trinajstić information content (AvgIpc) is 3.11. The molecule has 0 unspecified atom stereocenters. The Hall–Kier alpha value is -1.77. The van der Waals surface area contributed by atoms with Crippen molar-refractivity contribution in [1.82, 2.24) is 14.9 Å². The maximum atomic E-state index is 12.2. The third kappa shape index (κ3) is 4.69. The van der Waals surface area contributed by atoms with Gasteiger partial charge in [0.25, 0.3) is 5.56 Å². The van der Waals surface area contributed by atoms with Crippen molar-refractivity contribution in [2.75, 3.05) is 18.1 Å². The van der Waals surface area contributed by atoms with Crippen molar-refractivity contribution in [3.8, 4) is 0 Å². The van der Waals surface area contributed by atoms with E-state index in [9.17, 15) is 9.59 Å². The summed E-state index contributed by atoms with van der Waals surface area (Å²) in [5.74, 6) is 1.00. The number of amides is 1. The first-order valence-corrected chi connectivity index (χ1v) is 10.9. The normalized spacial score (nSPS) is 11.0. The van der Waals surface area contributed by atoms with Gasteiger partial charge in [0.2, 0.25) is 5.91 Å². The minimum absolute atomic E-state index is 0.0563. The first-order chi connectivity index (χ1) is 12.5. The first-order valence-electron chi connectivity index (χ1n) is 8.08. The summed E-state index contributed by atoms with van der Waals surface area (Å²) in [7, 11) is 1.69. The van der Waals surface area contributed by atoms with Crippen LogP contribution in [0.3, 0.4) is 0 Å². The van der Waals surface area contributed by atoms with Crippen LogP contribution in [0.1, 0.15) is 5.56 Å². The standard InChI is InChI=1S/C18H19N3O2S3/c1-12-3-5-13(6-4-12)24-10-8-19-15(22)11-26-18-20-14-7-9-25-16(14)17(23)21(18)2/h3-7,9H,8,10-11H2,1-2H3,(H,19,22). The van der Waals surface area contributed by atoms with Crippen molar-refractivity contribution in [2.45, 2.75) is 17.0 Å². The number of aromatic nitrogens is 2. The van der Waals surface area contributed by atoms with Gasteiger partial charge in [-0.1, -0.05) is 29.5 Å². The topological polar surface area (TPSA) is 64.0 Å². The molecule has 1 N–H and O–H groups in total. The molecule has 0 aliphatic carbocycles. The van der Waals surface area contributed by atoms with E-state index in [-0.39, 0.29) is 17.2 Å². The van der Waals surface area contributed by atoms with Gasteiger partial charge in [0.05, 0.1) is 11.3 Å². The number of hydrogen-bond acceptors (Lipinski definition) is 6. The minimum atomic E-state index is -0.0672. The fourth-order valence-electron chi connectivity index (χ4n) is 2.27. The summed E-state index contributed by atoms with van der Waals surface area (Å²) in [5, 5.41) is 5.32. The van der Waals surface area contributed by atoms with Gasteiger partial charge in [0.15, 0.2) is 5.16 Å². The number of nitrogens with one attached hydrogen (secondary N) is 1. The maximum absolute atomic E-state index is 12.2. The summed E-state index contributed by atoms with van der Waals surface area (Å²) in [6.07, 6.45) is 0. The average molecular weight is 406 g/mol. The number of hydrogen-bond donors (Lipinski definition) is 1. The number of aryl methyl sites for hydroxylation is 1. The number of fused-ring (bicyclic) bond motifs is 1. The molecule has 3 aromatic rings. The van der Waals surface area contributed by atoms with E-state index in [0.29, 0.717) is 21.9 Å². The molecule has 0 aliphatic heterocycles. The van der Waals surface area contributed by atoms with E-state index in [4.69, 9.17) is 0 Å². The molecule has 0 saturated carbocycles. The molecule has 0 radical (unpaired) electrons. The smallest absolute Gasteiger partial charge is 0.271 e. The molecule has 0 spiro atoms. The van der Waals surface area contributed by atoms with Gasteiger partial charge in [-0.05, 0) is 30.5 Å². The van der Waals surface area contributed by atoms with Crippen LogP contribution in [0.5, 0.6) is 0 Å². The zero-order valence-electron chi connectivity index (χ0n) is 14.5. The van der Waals surface area contributed by atoms with E-state index in [0.717, 1.165) is 5.75 Å². The van der Waals surface area contributed by atoms with E-state index in [1.54, 1.807) is 18.8 Å². The van der Waals surface area contributed by atoms with Gasteiger partial charge in [0, 0.05) is 24.2 Å². The van der Waals surface area contributed by atoms with Crippen LogP contribution in [0.15, 0.2) is 50.6 Å². The van der Waals surface area contributed by atoms with Gasteiger partial charge < -0.3 is 5.32 Å². The predicted molar refractivity (Wildman–Crippen MR) is 110 cm³/mol. The zero-order valence-corrected chi connectivity index (χ0v) is 17.0. The van der Waals surface area contributed by atoms with Crippen LogP contribution < -0.4 is 10.9 Å². The molecule has 3 rings (SSSR count). The molecule has 8 heteroatoms. The highest BCUT2D eigenvalue weighted by atomic mass is 32.2. The number of carbonyl (C=O) groups is 1. The van der Waals surface area contributed by atoms with Crippen molar-refractivity contribution in [1.29, 1.82) is 0 Å². The van der Waals surface area contributed by atoms with E-state index in [1.165, 1.54) is 38.1 Å². The van der Waals surface area contributed by atoms with E-state index in [2.05, 4.69) is 41.5 Å². The second-order valence-corrected chi connectivity index (χ2v) is 8.72. The number of nitrogens with zero attached hydrogens (tertiary/aromatic N) is 2. The molecule has 0 aliphatic rings. The quantitative estimate of drug-likeness (QED) is 0.371. The Morgan fingerprint density at radius 2 is 2.00 bits per heavy atom. The number of rotatable bonds is 7. The van der Waals surface area contributed by atoms with Gasteiger partial charge in [0.1, 0.15) is 4.70 Å². The Bertz CT molecular complexity index is 964. The molecule has 5 nitrogen and oxygen atoms in total. The monoisotopic (exact) mass is 405 g/mol. The Morgan fingerprint density at radius 3 is 2.77 bits per heavy atom. The van der Waals surface area contributed by atoms with Gasteiger partial charge in [-0.25, -0.2) is 4.98 Å². The zero-order chi connectivity index (χ0) is 18.5. The van der Waals surface area contributed by atoms with Crippen molar-refractivity contribution < 1.29 is 4.79 Å². The molecule has 136 valence electrons. The van der Waals surface area contributed by atoms with Crippen molar-refractivity contribution >= 4 is 51.0 Å². The largest absolute Gasteiger partial charge is 0.355 e. The third-order valence-electron chi connectivity index (χ3n) is 3.69. The third-order valence-corrected chi connectivity index (χ3v) is 6.63. The van der Waals surface area contributed by atoms with Crippen LogP contribution in [0.25, 0.3) is 10.2 Å². The predicted octanol–water partition coefficient (Wildman–Crippen LogP) is 3.30. The summed E-state index contributed by atoms with van der Waals surface area (Å²) in [5.41, 5.74) is 1.86. The minimum Gasteiger partial charge on any atom is -0.355 e. The molecular weight excluding hydrogens is 386 g/mol.